The first-order valence-corrected chi connectivity index (χ1v) is 4.77. The van der Waals surface area contributed by atoms with E-state index in [1.54, 1.807) is 19.2 Å². The summed E-state index contributed by atoms with van der Waals surface area (Å²) in [5, 5.41) is 0. The minimum Gasteiger partial charge on any atom is -0.378 e. The molecule has 0 bridgehead atoms. The van der Waals surface area contributed by atoms with E-state index >= 15 is 0 Å². The molecule has 0 spiro atoms. The van der Waals surface area contributed by atoms with Gasteiger partial charge >= 0.3 is 0 Å². The largest absolute Gasteiger partial charge is 0.378 e. The number of anilines is 1. The van der Waals surface area contributed by atoms with Gasteiger partial charge in [-0.2, -0.15) is 0 Å². The van der Waals surface area contributed by atoms with Gasteiger partial charge < -0.3 is 9.64 Å². The Hall–Kier alpha value is -1.42. The van der Waals surface area contributed by atoms with E-state index in [0.29, 0.717) is 30.6 Å². The number of hydrogen-bond acceptors (Lipinski definition) is 3. The summed E-state index contributed by atoms with van der Waals surface area (Å²) in [7, 11) is 1.65. The number of nitrogens with zero attached hydrogens (tertiary/aromatic N) is 1. The molecule has 1 fully saturated rings. The van der Waals surface area contributed by atoms with Crippen LogP contribution in [0.1, 0.15) is 10.4 Å². The van der Waals surface area contributed by atoms with Gasteiger partial charge in [0.1, 0.15) is 12.1 Å². The molecule has 1 aliphatic rings. The van der Waals surface area contributed by atoms with Gasteiger partial charge in [0.05, 0.1) is 11.8 Å². The SMILES string of the molecule is COC1CN(c2ccc(C=O)cc2F)C1. The van der Waals surface area contributed by atoms with Crippen molar-refractivity contribution in [3.63, 3.8) is 0 Å². The topological polar surface area (TPSA) is 29.5 Å². The maximum absolute atomic E-state index is 13.5. The van der Waals surface area contributed by atoms with Gasteiger partial charge in [-0.1, -0.05) is 0 Å². The van der Waals surface area contributed by atoms with E-state index in [2.05, 4.69) is 0 Å². The highest BCUT2D eigenvalue weighted by atomic mass is 19.1. The second kappa shape index (κ2) is 3.98. The van der Waals surface area contributed by atoms with Crippen molar-refractivity contribution >= 4 is 12.0 Å². The third-order valence-electron chi connectivity index (χ3n) is 2.63. The summed E-state index contributed by atoms with van der Waals surface area (Å²) in [4.78, 5) is 12.3. The number of halogens is 1. The zero-order chi connectivity index (χ0) is 10.8. The van der Waals surface area contributed by atoms with Crippen LogP contribution in [0.15, 0.2) is 18.2 Å². The third kappa shape index (κ3) is 1.85. The van der Waals surface area contributed by atoms with Crippen molar-refractivity contribution in [2.45, 2.75) is 6.10 Å². The van der Waals surface area contributed by atoms with Crippen LogP contribution in [0.4, 0.5) is 10.1 Å². The van der Waals surface area contributed by atoms with Crippen molar-refractivity contribution in [2.24, 2.45) is 0 Å². The van der Waals surface area contributed by atoms with Crippen molar-refractivity contribution in [3.05, 3.63) is 29.6 Å². The van der Waals surface area contributed by atoms with E-state index in [-0.39, 0.29) is 11.9 Å². The molecule has 15 heavy (non-hydrogen) atoms. The first kappa shape index (κ1) is 10.1. The Balaban J connectivity index is 2.13. The molecule has 0 atom stereocenters. The standard InChI is InChI=1S/C11H12FNO2/c1-15-9-5-13(6-9)11-3-2-8(7-14)4-10(11)12/h2-4,7,9H,5-6H2,1H3. The average Bonchev–Trinajstić information content (AvgIpc) is 2.18. The van der Waals surface area contributed by atoms with Crippen molar-refractivity contribution in [1.29, 1.82) is 0 Å². The molecule has 0 radical (unpaired) electrons. The summed E-state index contributed by atoms with van der Waals surface area (Å²) in [6.07, 6.45) is 0.830. The van der Waals surface area contributed by atoms with Crippen LogP contribution < -0.4 is 4.90 Å². The molecule has 0 aliphatic carbocycles. The minimum absolute atomic E-state index is 0.190. The summed E-state index contributed by atoms with van der Waals surface area (Å²) >= 11 is 0. The number of benzene rings is 1. The summed E-state index contributed by atoms with van der Waals surface area (Å²) in [6.45, 7) is 1.40. The van der Waals surface area contributed by atoms with Gasteiger partial charge in [0.2, 0.25) is 0 Å². The van der Waals surface area contributed by atoms with Crippen molar-refractivity contribution in [1.82, 2.24) is 0 Å². The third-order valence-corrected chi connectivity index (χ3v) is 2.63. The fourth-order valence-electron chi connectivity index (χ4n) is 1.64. The molecule has 0 aromatic heterocycles. The molecule has 0 amide bonds. The number of hydrogen-bond donors (Lipinski definition) is 0. The molecule has 0 unspecified atom stereocenters. The highest BCUT2D eigenvalue weighted by Crippen LogP contribution is 2.25. The van der Waals surface area contributed by atoms with Crippen LogP contribution >= 0.6 is 0 Å². The predicted octanol–water partition coefficient (Wildman–Crippen LogP) is 1.47. The Morgan fingerprint density at radius 1 is 1.53 bits per heavy atom. The lowest BCUT2D eigenvalue weighted by molar-refractivity contribution is 0.0784. The number of carbonyl (C=O) groups is 1. The lowest BCUT2D eigenvalue weighted by Gasteiger charge is -2.40. The van der Waals surface area contributed by atoms with Crippen LogP contribution in [0.5, 0.6) is 0 Å². The first-order chi connectivity index (χ1) is 7.24. The van der Waals surface area contributed by atoms with E-state index < -0.39 is 0 Å². The molecule has 1 saturated heterocycles. The smallest absolute Gasteiger partial charge is 0.150 e. The molecule has 2 rings (SSSR count). The molecule has 1 heterocycles. The monoisotopic (exact) mass is 209 g/mol. The van der Waals surface area contributed by atoms with E-state index in [1.807, 2.05) is 4.90 Å². The van der Waals surface area contributed by atoms with Gasteiger partial charge in [0.25, 0.3) is 0 Å². The normalized spacial score (nSPS) is 16.3. The van der Waals surface area contributed by atoms with Crippen molar-refractivity contribution in [3.8, 4) is 0 Å². The summed E-state index contributed by atoms with van der Waals surface area (Å²) in [5.41, 5.74) is 0.897. The summed E-state index contributed by atoms with van der Waals surface area (Å²) in [5.74, 6) is -0.353. The highest BCUT2D eigenvalue weighted by molar-refractivity contribution is 5.76. The fraction of sp³-hybridized carbons (Fsp3) is 0.364. The Kier molecular flexibility index (Phi) is 2.68. The quantitative estimate of drug-likeness (QED) is 0.706. The molecule has 3 nitrogen and oxygen atoms in total. The number of aldehydes is 1. The highest BCUT2D eigenvalue weighted by Gasteiger charge is 2.28. The summed E-state index contributed by atoms with van der Waals surface area (Å²) in [6, 6.07) is 4.50. The number of carbonyl (C=O) groups excluding carboxylic acids is 1. The zero-order valence-corrected chi connectivity index (χ0v) is 8.44. The van der Waals surface area contributed by atoms with E-state index in [4.69, 9.17) is 4.74 Å². The van der Waals surface area contributed by atoms with Gasteiger partial charge in [-0.15, -0.1) is 0 Å². The average molecular weight is 209 g/mol. The number of rotatable bonds is 3. The lowest BCUT2D eigenvalue weighted by atomic mass is 10.1. The molecular weight excluding hydrogens is 197 g/mol. The Bertz CT molecular complexity index is 375. The molecule has 1 aromatic carbocycles. The van der Waals surface area contributed by atoms with Gasteiger partial charge in [0.15, 0.2) is 0 Å². The number of ether oxygens (including phenoxy) is 1. The molecule has 0 saturated carbocycles. The van der Waals surface area contributed by atoms with Crippen LogP contribution in [0.3, 0.4) is 0 Å². The Labute approximate surface area is 87.5 Å². The van der Waals surface area contributed by atoms with Gasteiger partial charge in [-0.05, 0) is 18.2 Å². The van der Waals surface area contributed by atoms with E-state index in [1.165, 1.54) is 6.07 Å². The van der Waals surface area contributed by atoms with Gasteiger partial charge in [-0.25, -0.2) is 4.39 Å². The van der Waals surface area contributed by atoms with Crippen LogP contribution in [0.25, 0.3) is 0 Å². The second-order valence-electron chi connectivity index (χ2n) is 3.59. The molecule has 80 valence electrons. The predicted molar refractivity (Wildman–Crippen MR) is 54.8 cm³/mol. The fourth-order valence-corrected chi connectivity index (χ4v) is 1.64. The van der Waals surface area contributed by atoms with Crippen LogP contribution in [0, 0.1) is 5.82 Å². The van der Waals surface area contributed by atoms with Crippen LogP contribution in [0.2, 0.25) is 0 Å². The zero-order valence-electron chi connectivity index (χ0n) is 8.44. The number of methoxy groups -OCH3 is 1. The first-order valence-electron chi connectivity index (χ1n) is 4.77. The van der Waals surface area contributed by atoms with Crippen LogP contribution in [-0.2, 0) is 4.74 Å². The molecule has 1 aliphatic heterocycles. The Morgan fingerprint density at radius 3 is 2.80 bits per heavy atom. The van der Waals surface area contributed by atoms with Crippen LogP contribution in [-0.4, -0.2) is 32.6 Å². The van der Waals surface area contributed by atoms with Gasteiger partial charge in [-0.3, -0.25) is 4.79 Å². The molecule has 0 N–H and O–H groups in total. The Morgan fingerprint density at radius 2 is 2.27 bits per heavy atom. The minimum atomic E-state index is -0.353. The van der Waals surface area contributed by atoms with Crippen molar-refractivity contribution < 1.29 is 13.9 Å². The van der Waals surface area contributed by atoms with Gasteiger partial charge in [0, 0.05) is 25.8 Å². The molecule has 1 aromatic rings. The van der Waals surface area contributed by atoms with Crippen molar-refractivity contribution in [2.75, 3.05) is 25.1 Å². The second-order valence-corrected chi connectivity index (χ2v) is 3.59. The van der Waals surface area contributed by atoms with E-state index in [9.17, 15) is 9.18 Å². The lowest BCUT2D eigenvalue weighted by Crippen LogP contribution is -2.52. The molecule has 4 heteroatoms. The maximum Gasteiger partial charge on any atom is 0.150 e. The maximum atomic E-state index is 13.5. The molecular formula is C11H12FNO2. The van der Waals surface area contributed by atoms with E-state index in [0.717, 1.165) is 0 Å². The summed E-state index contributed by atoms with van der Waals surface area (Å²) < 4.78 is 18.6.